The van der Waals surface area contributed by atoms with Crippen molar-refractivity contribution in [3.8, 4) is 57.8 Å². The third kappa shape index (κ3) is 22.3. The Hall–Kier alpha value is -4.80. The number of alkyl halides is 2. The van der Waals surface area contributed by atoms with Gasteiger partial charge < -0.3 is 43.0 Å². The summed E-state index contributed by atoms with van der Waals surface area (Å²) in [6.45, 7) is 4.56. The molecular formula is C47H51Br5O13. The highest BCUT2D eigenvalue weighted by atomic mass is 80.9. The van der Waals surface area contributed by atoms with Crippen LogP contribution in [-0.4, -0.2) is 90.1 Å². The molecule has 352 valence electrons. The molecule has 0 aliphatic heterocycles. The molecule has 4 aromatic rings. The number of carboxylic acid groups (broad SMARTS) is 1. The number of methoxy groups -OCH3 is 8. The van der Waals surface area contributed by atoms with Crippen LogP contribution in [0.1, 0.15) is 47.9 Å². The molecule has 0 amide bonds. The number of aliphatic carboxylic acids is 1. The first-order valence-electron chi connectivity index (χ1n) is 18.6. The topological polar surface area (TPSA) is 162 Å². The molecule has 0 aliphatic rings. The fourth-order valence-electron chi connectivity index (χ4n) is 4.86. The number of rotatable bonds is 15. The maximum atomic E-state index is 11.3. The van der Waals surface area contributed by atoms with Crippen molar-refractivity contribution in [2.24, 2.45) is 0 Å². The Kier molecular flexibility index (Phi) is 31.2. The van der Waals surface area contributed by atoms with Crippen LogP contribution in [0.15, 0.2) is 84.9 Å². The summed E-state index contributed by atoms with van der Waals surface area (Å²) in [7, 11) is 12.5. The van der Waals surface area contributed by atoms with E-state index >= 15 is 0 Å². The van der Waals surface area contributed by atoms with Gasteiger partial charge in [0.1, 0.15) is 5.78 Å². The Labute approximate surface area is 421 Å². The van der Waals surface area contributed by atoms with Crippen LogP contribution in [-0.2, 0) is 19.2 Å². The smallest absolute Gasteiger partial charge is 0.382 e. The second kappa shape index (κ2) is 33.6. The average Bonchev–Trinajstić information content (AvgIpc) is 3.32. The van der Waals surface area contributed by atoms with Gasteiger partial charge in [-0.1, -0.05) is 71.9 Å². The van der Waals surface area contributed by atoms with Gasteiger partial charge in [-0.2, -0.15) is 0 Å². The molecule has 4 rings (SSSR count). The lowest BCUT2D eigenvalue weighted by Crippen LogP contribution is -2.15. The summed E-state index contributed by atoms with van der Waals surface area (Å²) in [6, 6.07) is 21.5. The van der Waals surface area contributed by atoms with E-state index in [1.54, 1.807) is 86.0 Å². The number of ketones is 3. The molecule has 2 unspecified atom stereocenters. The number of carboxylic acids is 1. The van der Waals surface area contributed by atoms with Crippen molar-refractivity contribution in [1.29, 1.82) is 0 Å². The van der Waals surface area contributed by atoms with Gasteiger partial charge in [0.2, 0.25) is 0 Å². The molecule has 0 heterocycles. The second-order valence-corrected chi connectivity index (χ2v) is 15.2. The van der Waals surface area contributed by atoms with Crippen LogP contribution in [0.3, 0.4) is 0 Å². The van der Waals surface area contributed by atoms with Crippen LogP contribution >= 0.6 is 76.0 Å². The van der Waals surface area contributed by atoms with Gasteiger partial charge in [0.05, 0.1) is 66.5 Å². The lowest BCUT2D eigenvalue weighted by molar-refractivity contribution is -0.130. The molecule has 0 saturated carbocycles. The average molecular weight is 1220 g/mol. The number of allylic oxidation sites excluding steroid dienone is 2. The van der Waals surface area contributed by atoms with Gasteiger partial charge in [0, 0.05) is 44.2 Å². The van der Waals surface area contributed by atoms with Crippen molar-refractivity contribution in [2.45, 2.75) is 30.4 Å². The van der Waals surface area contributed by atoms with E-state index in [0.29, 0.717) is 51.6 Å². The van der Waals surface area contributed by atoms with E-state index < -0.39 is 5.97 Å². The third-order valence-corrected chi connectivity index (χ3v) is 11.6. The van der Waals surface area contributed by atoms with Crippen molar-refractivity contribution < 1.29 is 62.2 Å². The first-order valence-corrected chi connectivity index (χ1v) is 24.9. The number of carbonyl (C=O) groups excluding carboxylic acids is 3. The molecule has 2 atom stereocenters. The minimum Gasteiger partial charge on any atom is -0.493 e. The van der Waals surface area contributed by atoms with Crippen LogP contribution < -0.4 is 37.9 Å². The van der Waals surface area contributed by atoms with Crippen LogP contribution in [0.25, 0.3) is 10.6 Å². The molecule has 4 aromatic carbocycles. The van der Waals surface area contributed by atoms with E-state index in [2.05, 4.69) is 82.0 Å². The zero-order chi connectivity index (χ0) is 49.6. The predicted octanol–water partition coefficient (Wildman–Crippen LogP) is 11.7. The summed E-state index contributed by atoms with van der Waals surface area (Å²) in [5.74, 6) is 8.48. The number of ether oxygens (including phenoxy) is 8. The van der Waals surface area contributed by atoms with Crippen LogP contribution in [0.4, 0.5) is 0 Å². The summed E-state index contributed by atoms with van der Waals surface area (Å²) in [5.41, 5.74) is 3.30. The molecule has 0 radical (unpaired) electrons. The van der Waals surface area contributed by atoms with Gasteiger partial charge in [-0.25, -0.2) is 4.79 Å². The Bertz CT molecular complexity index is 2280. The normalized spacial score (nSPS) is 10.9. The van der Waals surface area contributed by atoms with E-state index in [1.807, 2.05) is 48.4 Å². The van der Waals surface area contributed by atoms with Gasteiger partial charge in [-0.15, -0.1) is 0 Å². The fourth-order valence-corrected chi connectivity index (χ4v) is 6.39. The third-order valence-electron chi connectivity index (χ3n) is 7.98. The summed E-state index contributed by atoms with van der Waals surface area (Å²) < 4.78 is 41.7. The highest BCUT2D eigenvalue weighted by Crippen LogP contribution is 2.37. The van der Waals surface area contributed by atoms with Crippen LogP contribution in [0, 0.1) is 11.8 Å². The van der Waals surface area contributed by atoms with Crippen molar-refractivity contribution >= 4 is 110 Å². The fraction of sp³-hybridized carbons (Fsp3) is 0.277. The lowest BCUT2D eigenvalue weighted by Gasteiger charge is -2.16. The number of benzene rings is 4. The summed E-state index contributed by atoms with van der Waals surface area (Å²) >= 11 is 15.7. The molecule has 0 fully saturated rings. The standard InChI is InChI=1S/C12H14Br2O3.C12H13BrO3.C12H14O3.C11H10O4.Br2/c1-7(15)11(13)12(14)8-4-5-9(16-2)10(6-8)17-3;1-8(14)6-10(13)9-4-5-11(15-2)12(7-9)16-3;1-9(13)4-5-10-6-7-11(14-2)12(8-10)15-3;1-14-9-5-3-8(4-6-11(12)13)7-10(9)15-2;1-2/h4-6,11-12H,1-3H3;4-7H,1-3H3;4-8H,1-3H3;3,5,7H,1-2H3,(H,12,13);/b;10-6-;5-4+;;. The monoisotopic (exact) mass is 1220 g/mol. The SMILES string of the molecule is BrBr.COc1ccc(/C(Br)=C/C(C)=O)cc1OC.COc1ccc(/C=C/C(C)=O)cc1OC.COc1ccc(C#CC(=O)O)cc1OC.COc1ccc(C(Br)C(Br)C(C)=O)cc1OC. The van der Waals surface area contributed by atoms with E-state index in [4.69, 9.17) is 43.0 Å². The maximum Gasteiger partial charge on any atom is 0.382 e. The lowest BCUT2D eigenvalue weighted by atomic mass is 10.1. The van der Waals surface area contributed by atoms with E-state index in [9.17, 15) is 19.2 Å². The highest BCUT2D eigenvalue weighted by Gasteiger charge is 2.23. The first kappa shape index (κ1) is 60.2. The predicted molar refractivity (Wildman–Crippen MR) is 273 cm³/mol. The first-order chi connectivity index (χ1) is 30.9. The van der Waals surface area contributed by atoms with Gasteiger partial charge in [-0.3, -0.25) is 14.4 Å². The molecule has 18 heteroatoms. The van der Waals surface area contributed by atoms with Crippen molar-refractivity contribution in [1.82, 2.24) is 0 Å². The maximum absolute atomic E-state index is 11.3. The second-order valence-electron chi connectivity index (χ2n) is 12.4. The van der Waals surface area contributed by atoms with Gasteiger partial charge in [-0.05, 0) is 110 Å². The van der Waals surface area contributed by atoms with Gasteiger partial charge >= 0.3 is 5.97 Å². The minimum atomic E-state index is -1.16. The summed E-state index contributed by atoms with van der Waals surface area (Å²) in [4.78, 5) is 42.9. The van der Waals surface area contributed by atoms with Crippen molar-refractivity contribution in [3.63, 3.8) is 0 Å². The molecule has 13 nitrogen and oxygen atoms in total. The number of carbonyl (C=O) groups is 4. The number of halogens is 5. The molecular weight excluding hydrogens is 1170 g/mol. The van der Waals surface area contributed by atoms with Gasteiger partial charge in [0.15, 0.2) is 57.6 Å². The molecule has 0 aromatic heterocycles. The van der Waals surface area contributed by atoms with Crippen molar-refractivity contribution in [2.75, 3.05) is 56.9 Å². The van der Waals surface area contributed by atoms with E-state index in [1.165, 1.54) is 40.2 Å². The summed E-state index contributed by atoms with van der Waals surface area (Å²) in [5, 5.41) is 8.37. The Balaban J connectivity index is 0.000000830. The molecule has 1 N–H and O–H groups in total. The number of Topliss-reactive ketones (excluding diaryl/α,β-unsaturated/α-hetero) is 1. The number of hydrogen-bond acceptors (Lipinski definition) is 12. The Morgan fingerprint density at radius 2 is 1.00 bits per heavy atom. The van der Waals surface area contributed by atoms with E-state index in [-0.39, 0.29) is 27.0 Å². The molecule has 0 saturated heterocycles. The van der Waals surface area contributed by atoms with Crippen LogP contribution in [0.2, 0.25) is 0 Å². The Morgan fingerprint density at radius 3 is 1.45 bits per heavy atom. The quantitative estimate of drug-likeness (QED) is 0.0680. The molecule has 65 heavy (non-hydrogen) atoms. The van der Waals surface area contributed by atoms with Gasteiger partial charge in [0.25, 0.3) is 0 Å². The van der Waals surface area contributed by atoms with Crippen molar-refractivity contribution in [3.05, 3.63) is 107 Å². The molecule has 0 aliphatic carbocycles. The largest absolute Gasteiger partial charge is 0.493 e. The number of hydrogen-bond donors (Lipinski definition) is 1. The summed E-state index contributed by atoms with van der Waals surface area (Å²) in [6.07, 6.45) is 4.77. The van der Waals surface area contributed by atoms with E-state index in [0.717, 1.165) is 21.2 Å². The highest BCUT2D eigenvalue weighted by molar-refractivity contribution is 9.93. The zero-order valence-electron chi connectivity index (χ0n) is 37.6. The minimum absolute atomic E-state index is 0.0124. The zero-order valence-corrected chi connectivity index (χ0v) is 45.5. The Morgan fingerprint density at radius 1 is 0.569 bits per heavy atom. The molecule has 0 spiro atoms. The van der Waals surface area contributed by atoms with Crippen LogP contribution in [0.5, 0.6) is 46.0 Å². The molecule has 0 bridgehead atoms.